The third kappa shape index (κ3) is 8.34. The average molecular weight is 436 g/mol. The molecule has 0 unspecified atom stereocenters. The van der Waals surface area contributed by atoms with Crippen LogP contribution in [0.25, 0.3) is 0 Å². The highest BCUT2D eigenvalue weighted by Gasteiger charge is 2.27. The third-order valence-corrected chi connectivity index (χ3v) is 6.41. The van der Waals surface area contributed by atoms with Crippen molar-refractivity contribution in [1.29, 1.82) is 0 Å². The molecule has 1 heterocycles. The maximum atomic E-state index is 12.1. The molecule has 160 valence electrons. The van der Waals surface area contributed by atoms with E-state index in [1.807, 2.05) is 12.1 Å². The first-order valence-electron chi connectivity index (χ1n) is 10.1. The first-order valence-corrected chi connectivity index (χ1v) is 11.9. The molecule has 1 N–H and O–H groups in total. The summed E-state index contributed by atoms with van der Waals surface area (Å²) in [6, 6.07) is 8.04. The Morgan fingerprint density at radius 1 is 1.14 bits per heavy atom. The van der Waals surface area contributed by atoms with Crippen molar-refractivity contribution in [3.8, 4) is 5.75 Å². The number of nitrogens with zero attached hydrogens (tertiary/aromatic N) is 2. The van der Waals surface area contributed by atoms with E-state index in [-0.39, 0.29) is 23.3 Å². The summed E-state index contributed by atoms with van der Waals surface area (Å²) < 4.78 is 6.51. The minimum atomic E-state index is -0.233. The topological polar surface area (TPSA) is 64.1 Å². The molecule has 1 amide bonds. The van der Waals surface area contributed by atoms with Gasteiger partial charge in [0, 0.05) is 5.75 Å². The molecule has 5 nitrogen and oxygen atoms in total. The lowest BCUT2D eigenvalue weighted by atomic mass is 9.72. The number of thioether (sulfide) groups is 1. The molecule has 0 atom stereocenters. The van der Waals surface area contributed by atoms with Crippen LogP contribution in [0.5, 0.6) is 5.75 Å². The Morgan fingerprint density at radius 3 is 2.45 bits per heavy atom. The molecule has 0 spiro atoms. The first-order chi connectivity index (χ1) is 13.6. The molecule has 0 aliphatic rings. The summed E-state index contributed by atoms with van der Waals surface area (Å²) in [6.07, 6.45) is 3.39. The Kier molecular flexibility index (Phi) is 8.52. The summed E-state index contributed by atoms with van der Waals surface area (Å²) in [5, 5.41) is 11.4. The van der Waals surface area contributed by atoms with Crippen LogP contribution in [0, 0.1) is 5.41 Å². The third-order valence-electron chi connectivity index (χ3n) is 4.35. The fraction of sp³-hybridized carbons (Fsp3) is 0.591. The number of hydrogen-bond acceptors (Lipinski definition) is 6. The number of aromatic nitrogens is 2. The zero-order valence-corrected chi connectivity index (χ0v) is 20.0. The lowest BCUT2D eigenvalue weighted by Gasteiger charge is -2.33. The van der Waals surface area contributed by atoms with Crippen LogP contribution in [-0.2, 0) is 10.2 Å². The number of anilines is 1. The minimum Gasteiger partial charge on any atom is -0.484 e. The van der Waals surface area contributed by atoms with Crippen molar-refractivity contribution in [2.45, 2.75) is 70.6 Å². The number of rotatable bonds is 10. The molecular formula is C22H33N3O2S2. The van der Waals surface area contributed by atoms with Gasteiger partial charge in [0.05, 0.1) is 0 Å². The smallest absolute Gasteiger partial charge is 0.264 e. The predicted molar refractivity (Wildman–Crippen MR) is 123 cm³/mol. The number of ether oxygens (including phenoxy) is 1. The van der Waals surface area contributed by atoms with E-state index in [2.05, 4.69) is 69.2 Å². The number of carbonyl (C=O) groups excluding carboxylic acids is 1. The van der Waals surface area contributed by atoms with Gasteiger partial charge in [-0.15, -0.1) is 10.2 Å². The van der Waals surface area contributed by atoms with E-state index in [0.717, 1.165) is 29.4 Å². The summed E-state index contributed by atoms with van der Waals surface area (Å²) in [4.78, 5) is 12.1. The maximum Gasteiger partial charge on any atom is 0.264 e. The van der Waals surface area contributed by atoms with Crippen molar-refractivity contribution in [2.75, 3.05) is 17.7 Å². The van der Waals surface area contributed by atoms with Gasteiger partial charge in [-0.2, -0.15) is 0 Å². The Hall–Kier alpha value is -1.60. The van der Waals surface area contributed by atoms with Crippen molar-refractivity contribution in [3.63, 3.8) is 0 Å². The second-order valence-corrected chi connectivity index (χ2v) is 11.4. The second-order valence-electron chi connectivity index (χ2n) is 9.06. The highest BCUT2D eigenvalue weighted by atomic mass is 32.2. The molecule has 29 heavy (non-hydrogen) atoms. The van der Waals surface area contributed by atoms with Gasteiger partial charge in [0.15, 0.2) is 10.9 Å². The molecule has 0 saturated carbocycles. The SMILES string of the molecule is CCCCSc1nnc(NC(=O)COc2ccc(C(C)(C)CC(C)(C)C)cc2)s1. The lowest BCUT2D eigenvalue weighted by Crippen LogP contribution is -2.24. The summed E-state index contributed by atoms with van der Waals surface area (Å²) in [5.74, 6) is 1.47. The van der Waals surface area contributed by atoms with E-state index in [1.165, 1.54) is 16.9 Å². The standard InChI is InChI=1S/C22H33N3O2S2/c1-7-8-13-28-20-25-24-19(29-20)23-18(26)14-27-17-11-9-16(10-12-17)22(5,6)15-21(2,3)4/h9-12H,7-8,13-15H2,1-6H3,(H,23,24,26). The van der Waals surface area contributed by atoms with Crippen LogP contribution < -0.4 is 10.1 Å². The summed E-state index contributed by atoms with van der Waals surface area (Å²) in [5.41, 5.74) is 1.61. The molecule has 7 heteroatoms. The molecule has 2 rings (SSSR count). The lowest BCUT2D eigenvalue weighted by molar-refractivity contribution is -0.118. The number of benzene rings is 1. The molecule has 0 aliphatic carbocycles. The zero-order chi connectivity index (χ0) is 21.5. The van der Waals surface area contributed by atoms with Crippen LogP contribution in [0.4, 0.5) is 5.13 Å². The number of unbranched alkanes of at least 4 members (excludes halogenated alkanes) is 1. The molecule has 0 fully saturated rings. The second kappa shape index (κ2) is 10.4. The highest BCUT2D eigenvalue weighted by molar-refractivity contribution is 8.01. The summed E-state index contributed by atoms with van der Waals surface area (Å²) >= 11 is 3.07. The average Bonchev–Trinajstić information content (AvgIpc) is 3.06. The van der Waals surface area contributed by atoms with Gasteiger partial charge in [0.1, 0.15) is 5.75 Å². The van der Waals surface area contributed by atoms with Crippen LogP contribution in [-0.4, -0.2) is 28.5 Å². The Balaban J connectivity index is 1.83. The van der Waals surface area contributed by atoms with Gasteiger partial charge in [0.2, 0.25) is 5.13 Å². The Labute approximate surface area is 183 Å². The molecule has 1 aromatic heterocycles. The highest BCUT2D eigenvalue weighted by Crippen LogP contribution is 2.36. The molecule has 0 bridgehead atoms. The number of nitrogens with one attached hydrogen (secondary N) is 1. The van der Waals surface area contributed by atoms with Crippen LogP contribution >= 0.6 is 23.1 Å². The first kappa shape index (κ1) is 23.7. The molecule has 0 aliphatic heterocycles. The largest absolute Gasteiger partial charge is 0.484 e. The fourth-order valence-corrected chi connectivity index (χ4v) is 5.28. The fourth-order valence-electron chi connectivity index (χ4n) is 3.36. The van der Waals surface area contributed by atoms with Gasteiger partial charge in [-0.1, -0.05) is 83.2 Å². The van der Waals surface area contributed by atoms with Gasteiger partial charge in [-0.05, 0) is 41.4 Å². The van der Waals surface area contributed by atoms with Crippen molar-refractivity contribution in [2.24, 2.45) is 5.41 Å². The van der Waals surface area contributed by atoms with Gasteiger partial charge in [-0.3, -0.25) is 10.1 Å². The monoisotopic (exact) mass is 435 g/mol. The van der Waals surface area contributed by atoms with Gasteiger partial charge < -0.3 is 4.74 Å². The van der Waals surface area contributed by atoms with E-state index in [4.69, 9.17) is 4.74 Å². The van der Waals surface area contributed by atoms with Gasteiger partial charge >= 0.3 is 0 Å². The summed E-state index contributed by atoms with van der Waals surface area (Å²) in [7, 11) is 0. The molecule has 1 aromatic carbocycles. The quantitative estimate of drug-likeness (QED) is 0.275. The number of carbonyl (C=O) groups is 1. The van der Waals surface area contributed by atoms with E-state index in [1.54, 1.807) is 11.8 Å². The van der Waals surface area contributed by atoms with E-state index >= 15 is 0 Å². The van der Waals surface area contributed by atoms with Crippen LogP contribution in [0.2, 0.25) is 0 Å². The number of hydrogen-bond donors (Lipinski definition) is 1. The zero-order valence-electron chi connectivity index (χ0n) is 18.4. The van der Waals surface area contributed by atoms with Gasteiger partial charge in [0.25, 0.3) is 5.91 Å². The van der Waals surface area contributed by atoms with Crippen LogP contribution in [0.3, 0.4) is 0 Å². The van der Waals surface area contributed by atoms with Crippen LogP contribution in [0.1, 0.15) is 66.4 Å². The molecule has 2 aromatic rings. The van der Waals surface area contributed by atoms with Crippen molar-refractivity contribution in [3.05, 3.63) is 29.8 Å². The molecule has 0 saturated heterocycles. The predicted octanol–water partition coefficient (Wildman–Crippen LogP) is 6.16. The molecule has 0 radical (unpaired) electrons. The number of amides is 1. The van der Waals surface area contributed by atoms with Crippen molar-refractivity contribution < 1.29 is 9.53 Å². The van der Waals surface area contributed by atoms with Crippen LogP contribution in [0.15, 0.2) is 28.6 Å². The van der Waals surface area contributed by atoms with Crippen molar-refractivity contribution >= 4 is 34.1 Å². The Morgan fingerprint density at radius 2 is 1.83 bits per heavy atom. The van der Waals surface area contributed by atoms with E-state index < -0.39 is 0 Å². The maximum absolute atomic E-state index is 12.1. The summed E-state index contributed by atoms with van der Waals surface area (Å²) in [6.45, 7) is 13.4. The minimum absolute atomic E-state index is 0.0530. The normalized spacial score (nSPS) is 12.1. The molecular weight excluding hydrogens is 402 g/mol. The van der Waals surface area contributed by atoms with E-state index in [0.29, 0.717) is 10.9 Å². The van der Waals surface area contributed by atoms with Gasteiger partial charge in [-0.25, -0.2) is 0 Å². The van der Waals surface area contributed by atoms with Crippen molar-refractivity contribution in [1.82, 2.24) is 10.2 Å². The Bertz CT molecular complexity index is 780. The van der Waals surface area contributed by atoms with E-state index in [9.17, 15) is 4.79 Å².